The Morgan fingerprint density at radius 1 is 1.38 bits per heavy atom. The van der Waals surface area contributed by atoms with Gasteiger partial charge in [-0.15, -0.1) is 0 Å². The van der Waals surface area contributed by atoms with Crippen molar-refractivity contribution in [2.45, 2.75) is 24.2 Å². The minimum absolute atomic E-state index is 0.00457. The van der Waals surface area contributed by atoms with Crippen LogP contribution in [0, 0.1) is 10.1 Å². The third-order valence-electron chi connectivity index (χ3n) is 2.52. The molecule has 0 spiro atoms. The van der Waals surface area contributed by atoms with E-state index in [1.165, 1.54) is 6.07 Å². The van der Waals surface area contributed by atoms with E-state index in [9.17, 15) is 23.3 Å². The summed E-state index contributed by atoms with van der Waals surface area (Å²) < 4.78 is 26.2. The summed E-state index contributed by atoms with van der Waals surface area (Å²) in [6.07, 6.45) is 0.552. The molecule has 0 saturated carbocycles. The molecule has 0 aromatic heterocycles. The van der Waals surface area contributed by atoms with Crippen LogP contribution in [0.5, 0.6) is 0 Å². The first-order valence-electron chi connectivity index (χ1n) is 5.89. The highest BCUT2D eigenvalue weighted by atomic mass is 35.5. The lowest BCUT2D eigenvalue weighted by atomic mass is 10.2. The predicted molar refractivity (Wildman–Crippen MR) is 74.8 cm³/mol. The van der Waals surface area contributed by atoms with Crippen LogP contribution in [-0.4, -0.2) is 31.0 Å². The number of carboxylic acids is 1. The van der Waals surface area contributed by atoms with Crippen LogP contribution in [0.2, 0.25) is 5.02 Å². The van der Waals surface area contributed by atoms with Gasteiger partial charge in [0, 0.05) is 24.1 Å². The van der Waals surface area contributed by atoms with Gasteiger partial charge in [-0.1, -0.05) is 11.6 Å². The van der Waals surface area contributed by atoms with Gasteiger partial charge in [-0.3, -0.25) is 14.9 Å². The van der Waals surface area contributed by atoms with E-state index in [1.807, 2.05) is 0 Å². The first-order valence-corrected chi connectivity index (χ1v) is 7.75. The number of sulfonamides is 1. The maximum atomic E-state index is 12.0. The highest BCUT2D eigenvalue weighted by Gasteiger charge is 2.25. The van der Waals surface area contributed by atoms with Gasteiger partial charge >= 0.3 is 5.97 Å². The summed E-state index contributed by atoms with van der Waals surface area (Å²) in [7, 11) is -4.05. The number of rotatable bonds is 8. The summed E-state index contributed by atoms with van der Waals surface area (Å²) in [4.78, 5) is 19.9. The van der Waals surface area contributed by atoms with E-state index in [-0.39, 0.29) is 18.0 Å². The largest absolute Gasteiger partial charge is 0.481 e. The van der Waals surface area contributed by atoms with Crippen LogP contribution in [0.4, 0.5) is 5.69 Å². The van der Waals surface area contributed by atoms with E-state index in [0.717, 1.165) is 12.1 Å². The zero-order valence-corrected chi connectivity index (χ0v) is 12.4. The molecule has 1 aromatic rings. The van der Waals surface area contributed by atoms with Crippen molar-refractivity contribution >= 4 is 33.3 Å². The predicted octanol–water partition coefficient (Wildman–Crippen LogP) is 1.78. The minimum atomic E-state index is -4.05. The molecule has 2 N–H and O–H groups in total. The minimum Gasteiger partial charge on any atom is -0.481 e. The summed E-state index contributed by atoms with van der Waals surface area (Å²) in [6.45, 7) is -0.00457. The second kappa shape index (κ2) is 7.34. The molecule has 10 heteroatoms. The third-order valence-corrected chi connectivity index (χ3v) is 4.26. The molecule has 0 radical (unpaired) electrons. The number of carboxylic acid groups (broad SMARTS) is 1. The monoisotopic (exact) mass is 336 g/mol. The van der Waals surface area contributed by atoms with Gasteiger partial charge in [0.2, 0.25) is 10.0 Å². The van der Waals surface area contributed by atoms with Gasteiger partial charge in [-0.2, -0.15) is 0 Å². The Morgan fingerprint density at radius 3 is 2.62 bits per heavy atom. The molecule has 0 amide bonds. The molecule has 0 unspecified atom stereocenters. The number of nitro benzene ring substituents is 1. The molecule has 0 fully saturated rings. The normalized spacial score (nSPS) is 11.3. The Labute approximate surface area is 125 Å². The molecule has 8 nitrogen and oxygen atoms in total. The number of carbonyl (C=O) groups is 1. The number of hydrogen-bond donors (Lipinski definition) is 2. The Bertz CT molecular complexity index is 646. The number of nitro groups is 1. The van der Waals surface area contributed by atoms with Crippen LogP contribution < -0.4 is 4.72 Å². The molecule has 116 valence electrons. The fourth-order valence-corrected chi connectivity index (χ4v) is 2.94. The van der Waals surface area contributed by atoms with Gasteiger partial charge in [0.15, 0.2) is 4.90 Å². The molecular formula is C11H13ClN2O6S. The SMILES string of the molecule is O=C(O)CCCCNS(=O)(=O)c1ccc(Cl)cc1[N+](=O)[O-]. The Kier molecular flexibility index (Phi) is 6.06. The van der Waals surface area contributed by atoms with Crippen molar-refractivity contribution in [3.63, 3.8) is 0 Å². The topological polar surface area (TPSA) is 127 Å². The second-order valence-electron chi connectivity index (χ2n) is 4.12. The number of benzene rings is 1. The van der Waals surface area contributed by atoms with E-state index < -0.39 is 31.5 Å². The molecule has 0 saturated heterocycles. The summed E-state index contributed by atoms with van der Waals surface area (Å²) in [5.41, 5.74) is -0.611. The van der Waals surface area contributed by atoms with Gasteiger partial charge in [0.05, 0.1) is 4.92 Å². The fraction of sp³-hybridized carbons (Fsp3) is 0.364. The Balaban J connectivity index is 2.79. The van der Waals surface area contributed by atoms with Crippen LogP contribution in [0.1, 0.15) is 19.3 Å². The standard InChI is InChI=1S/C11H13ClN2O6S/c12-8-4-5-10(9(7-8)14(17)18)21(19,20)13-6-2-1-3-11(15)16/h4-5,7,13H,1-3,6H2,(H,15,16). The molecule has 0 heterocycles. The summed E-state index contributed by atoms with van der Waals surface area (Å²) in [5, 5.41) is 19.4. The van der Waals surface area contributed by atoms with Crippen LogP contribution >= 0.6 is 11.6 Å². The second-order valence-corrected chi connectivity index (χ2v) is 6.29. The highest BCUT2D eigenvalue weighted by Crippen LogP contribution is 2.26. The number of aliphatic carboxylic acids is 1. The molecule has 0 atom stereocenters. The van der Waals surface area contributed by atoms with Crippen LogP contribution in [0.15, 0.2) is 23.1 Å². The van der Waals surface area contributed by atoms with Gasteiger partial charge in [-0.05, 0) is 25.0 Å². The van der Waals surface area contributed by atoms with Gasteiger partial charge in [0.25, 0.3) is 5.69 Å². The summed E-state index contributed by atoms with van der Waals surface area (Å²) in [5.74, 6) is -0.966. The molecule has 1 aromatic carbocycles. The van der Waals surface area contributed by atoms with Crippen molar-refractivity contribution in [1.82, 2.24) is 4.72 Å². The number of unbranched alkanes of at least 4 members (excludes halogenated alkanes) is 1. The smallest absolute Gasteiger partial charge is 0.303 e. The third kappa shape index (κ3) is 5.29. The summed E-state index contributed by atoms with van der Waals surface area (Å²) in [6, 6.07) is 3.26. The zero-order chi connectivity index (χ0) is 16.0. The number of nitrogens with one attached hydrogen (secondary N) is 1. The van der Waals surface area contributed by atoms with Crippen LogP contribution in [0.25, 0.3) is 0 Å². The van der Waals surface area contributed by atoms with Crippen molar-refractivity contribution in [2.24, 2.45) is 0 Å². The molecule has 0 bridgehead atoms. The highest BCUT2D eigenvalue weighted by molar-refractivity contribution is 7.89. The van der Waals surface area contributed by atoms with E-state index >= 15 is 0 Å². The van der Waals surface area contributed by atoms with Gasteiger partial charge < -0.3 is 5.11 Å². The average molecular weight is 337 g/mol. The lowest BCUT2D eigenvalue weighted by molar-refractivity contribution is -0.387. The molecule has 21 heavy (non-hydrogen) atoms. The van der Waals surface area contributed by atoms with Crippen molar-refractivity contribution in [2.75, 3.05) is 6.54 Å². The molecule has 0 aliphatic heterocycles. The number of hydrogen-bond acceptors (Lipinski definition) is 5. The summed E-state index contributed by atoms with van der Waals surface area (Å²) >= 11 is 5.61. The molecule has 0 aliphatic rings. The molecule has 0 aliphatic carbocycles. The Morgan fingerprint density at radius 2 is 2.05 bits per heavy atom. The van der Waals surface area contributed by atoms with E-state index in [4.69, 9.17) is 16.7 Å². The van der Waals surface area contributed by atoms with E-state index in [1.54, 1.807) is 0 Å². The first kappa shape index (κ1) is 17.3. The maximum Gasteiger partial charge on any atom is 0.303 e. The molecular weight excluding hydrogens is 324 g/mol. The zero-order valence-electron chi connectivity index (χ0n) is 10.8. The number of nitrogens with zero attached hydrogens (tertiary/aromatic N) is 1. The molecule has 1 rings (SSSR count). The lowest BCUT2D eigenvalue weighted by Crippen LogP contribution is -2.25. The first-order chi connectivity index (χ1) is 9.74. The van der Waals surface area contributed by atoms with Crippen LogP contribution in [0.3, 0.4) is 0 Å². The van der Waals surface area contributed by atoms with Crippen LogP contribution in [-0.2, 0) is 14.8 Å². The van der Waals surface area contributed by atoms with E-state index in [0.29, 0.717) is 12.8 Å². The average Bonchev–Trinajstić information content (AvgIpc) is 2.37. The quantitative estimate of drug-likeness (QED) is 0.423. The van der Waals surface area contributed by atoms with Gasteiger partial charge in [-0.25, -0.2) is 13.1 Å². The van der Waals surface area contributed by atoms with Gasteiger partial charge in [0.1, 0.15) is 0 Å². The maximum absolute atomic E-state index is 12.0. The van der Waals surface area contributed by atoms with Crippen molar-refractivity contribution in [1.29, 1.82) is 0 Å². The lowest BCUT2D eigenvalue weighted by Gasteiger charge is -2.07. The fourth-order valence-electron chi connectivity index (χ4n) is 1.55. The van der Waals surface area contributed by atoms with Crippen molar-refractivity contribution < 1.29 is 23.2 Å². The van der Waals surface area contributed by atoms with Crippen molar-refractivity contribution in [3.8, 4) is 0 Å². The van der Waals surface area contributed by atoms with Crippen molar-refractivity contribution in [3.05, 3.63) is 33.3 Å². The van der Waals surface area contributed by atoms with E-state index in [2.05, 4.69) is 4.72 Å². The number of halogens is 1. The Hall–Kier alpha value is -1.71.